The summed E-state index contributed by atoms with van der Waals surface area (Å²) in [6.45, 7) is 5.32. The lowest BCUT2D eigenvalue weighted by atomic mass is 10.1. The number of anilines is 2. The fourth-order valence-electron chi connectivity index (χ4n) is 1.86. The Morgan fingerprint density at radius 1 is 1.50 bits per heavy atom. The van der Waals surface area contributed by atoms with Gasteiger partial charge in [0, 0.05) is 13.6 Å². The Balaban J connectivity index is 2.38. The molecular weight excluding hydrogens is 230 g/mol. The number of nitrogens with one attached hydrogen (secondary N) is 2. The van der Waals surface area contributed by atoms with Crippen molar-refractivity contribution < 1.29 is 0 Å². The van der Waals surface area contributed by atoms with Gasteiger partial charge in [-0.2, -0.15) is 15.1 Å². The van der Waals surface area contributed by atoms with E-state index in [-0.39, 0.29) is 0 Å². The van der Waals surface area contributed by atoms with Gasteiger partial charge in [0.15, 0.2) is 5.65 Å². The number of hydrogen-bond donors (Lipinski definition) is 3. The summed E-state index contributed by atoms with van der Waals surface area (Å²) in [5.41, 5.74) is 3.16. The molecular formula is C11H19N7. The van der Waals surface area contributed by atoms with Gasteiger partial charge in [-0.3, -0.25) is 10.5 Å². The van der Waals surface area contributed by atoms with Crippen LogP contribution < -0.4 is 16.2 Å². The smallest absolute Gasteiger partial charge is 0.241 e. The van der Waals surface area contributed by atoms with Crippen LogP contribution in [0.15, 0.2) is 6.20 Å². The zero-order valence-electron chi connectivity index (χ0n) is 10.9. The average Bonchev–Trinajstić information content (AvgIpc) is 2.85. The maximum absolute atomic E-state index is 5.38. The van der Waals surface area contributed by atoms with Crippen molar-refractivity contribution in [1.82, 2.24) is 20.2 Å². The number of nitrogens with two attached hydrogens (primary N) is 1. The van der Waals surface area contributed by atoms with Crippen molar-refractivity contribution >= 4 is 22.8 Å². The van der Waals surface area contributed by atoms with Gasteiger partial charge in [-0.15, -0.1) is 0 Å². The summed E-state index contributed by atoms with van der Waals surface area (Å²) >= 11 is 0. The summed E-state index contributed by atoms with van der Waals surface area (Å²) in [7, 11) is 2.02. The van der Waals surface area contributed by atoms with Gasteiger partial charge < -0.3 is 4.90 Å². The van der Waals surface area contributed by atoms with Crippen molar-refractivity contribution in [2.45, 2.75) is 20.3 Å². The number of fused-ring (bicyclic) bond motifs is 1. The molecule has 98 valence electrons. The van der Waals surface area contributed by atoms with Crippen LogP contribution in [0.4, 0.5) is 11.8 Å². The third kappa shape index (κ3) is 2.35. The van der Waals surface area contributed by atoms with E-state index in [1.807, 2.05) is 7.05 Å². The number of hydrogen-bond acceptors (Lipinski definition) is 6. The SMILES string of the molecule is CCC(C)CN(C)c1nc(NN)nc2[nH]ncc12. The maximum Gasteiger partial charge on any atom is 0.241 e. The van der Waals surface area contributed by atoms with Crippen LogP contribution in [0.5, 0.6) is 0 Å². The van der Waals surface area contributed by atoms with Gasteiger partial charge in [0.2, 0.25) is 5.95 Å². The second-order valence-electron chi connectivity index (χ2n) is 4.54. The molecule has 0 saturated heterocycles. The van der Waals surface area contributed by atoms with Crippen molar-refractivity contribution in [2.24, 2.45) is 11.8 Å². The average molecular weight is 249 g/mol. The highest BCUT2D eigenvalue weighted by atomic mass is 15.3. The minimum atomic E-state index is 0.387. The van der Waals surface area contributed by atoms with Gasteiger partial charge in [-0.25, -0.2) is 5.84 Å². The topological polar surface area (TPSA) is 95.8 Å². The van der Waals surface area contributed by atoms with Gasteiger partial charge in [-0.1, -0.05) is 20.3 Å². The number of H-pyrrole nitrogens is 1. The minimum absolute atomic E-state index is 0.387. The Labute approximate surface area is 106 Å². The van der Waals surface area contributed by atoms with E-state index in [2.05, 4.69) is 44.3 Å². The molecule has 2 aromatic heterocycles. The Hall–Kier alpha value is -1.89. The predicted molar refractivity (Wildman–Crippen MR) is 72.2 cm³/mol. The fourth-order valence-corrected chi connectivity index (χ4v) is 1.86. The second kappa shape index (κ2) is 5.18. The number of aromatic amines is 1. The zero-order valence-corrected chi connectivity index (χ0v) is 10.9. The van der Waals surface area contributed by atoms with E-state index in [1.54, 1.807) is 6.20 Å². The molecule has 0 saturated carbocycles. The first kappa shape index (κ1) is 12.6. The van der Waals surface area contributed by atoms with Crippen molar-refractivity contribution in [2.75, 3.05) is 23.9 Å². The first-order chi connectivity index (χ1) is 8.65. The van der Waals surface area contributed by atoms with E-state index in [0.29, 0.717) is 17.5 Å². The molecule has 1 atom stereocenters. The third-order valence-electron chi connectivity index (χ3n) is 3.06. The molecule has 0 aliphatic carbocycles. The normalized spacial score (nSPS) is 12.7. The Bertz CT molecular complexity index is 521. The molecule has 18 heavy (non-hydrogen) atoms. The zero-order chi connectivity index (χ0) is 13.1. The maximum atomic E-state index is 5.38. The van der Waals surface area contributed by atoms with Gasteiger partial charge in [0.1, 0.15) is 5.82 Å². The van der Waals surface area contributed by atoms with E-state index in [9.17, 15) is 0 Å². The highest BCUT2D eigenvalue weighted by Gasteiger charge is 2.14. The fraction of sp³-hybridized carbons (Fsp3) is 0.545. The van der Waals surface area contributed by atoms with Gasteiger partial charge in [0.25, 0.3) is 0 Å². The van der Waals surface area contributed by atoms with Crippen molar-refractivity contribution in [3.05, 3.63) is 6.20 Å². The molecule has 0 amide bonds. The lowest BCUT2D eigenvalue weighted by Gasteiger charge is -2.22. The molecule has 0 aliphatic rings. The molecule has 0 aromatic carbocycles. The molecule has 4 N–H and O–H groups in total. The number of rotatable bonds is 5. The standard InChI is InChI=1S/C11H19N7/c1-4-7(2)6-18(3)10-8-5-13-17-9(8)14-11(15-10)16-12/h5,7H,4,6,12H2,1-3H3,(H2,13,14,15,16,17). The molecule has 2 aromatic rings. The highest BCUT2D eigenvalue weighted by Crippen LogP contribution is 2.23. The third-order valence-corrected chi connectivity index (χ3v) is 3.06. The molecule has 0 spiro atoms. The van der Waals surface area contributed by atoms with Gasteiger partial charge in [0.05, 0.1) is 11.6 Å². The molecule has 1 unspecified atom stereocenters. The van der Waals surface area contributed by atoms with E-state index >= 15 is 0 Å². The van der Waals surface area contributed by atoms with Crippen LogP contribution in [0.25, 0.3) is 11.0 Å². The number of hydrazine groups is 1. The number of nitrogens with zero attached hydrogens (tertiary/aromatic N) is 4. The van der Waals surface area contributed by atoms with Crippen LogP contribution >= 0.6 is 0 Å². The summed E-state index contributed by atoms with van der Waals surface area (Å²) in [4.78, 5) is 10.7. The summed E-state index contributed by atoms with van der Waals surface area (Å²) in [6.07, 6.45) is 2.87. The molecule has 0 aliphatic heterocycles. The van der Waals surface area contributed by atoms with Crippen molar-refractivity contribution in [3.63, 3.8) is 0 Å². The molecule has 0 fully saturated rings. The summed E-state index contributed by atoms with van der Waals surface area (Å²) in [5, 5.41) is 7.73. The van der Waals surface area contributed by atoms with E-state index in [1.165, 1.54) is 0 Å². The van der Waals surface area contributed by atoms with Crippen LogP contribution in [0, 0.1) is 5.92 Å². The highest BCUT2D eigenvalue weighted by molar-refractivity contribution is 5.87. The van der Waals surface area contributed by atoms with Crippen LogP contribution in [0.1, 0.15) is 20.3 Å². The summed E-state index contributed by atoms with van der Waals surface area (Å²) in [6, 6.07) is 0. The molecule has 2 heterocycles. The van der Waals surface area contributed by atoms with Crippen molar-refractivity contribution in [3.8, 4) is 0 Å². The largest absolute Gasteiger partial charge is 0.359 e. The lowest BCUT2D eigenvalue weighted by molar-refractivity contribution is 0.558. The van der Waals surface area contributed by atoms with E-state index in [0.717, 1.165) is 24.2 Å². The van der Waals surface area contributed by atoms with Crippen molar-refractivity contribution in [1.29, 1.82) is 0 Å². The first-order valence-electron chi connectivity index (χ1n) is 6.04. The van der Waals surface area contributed by atoms with Crippen LogP contribution in [-0.2, 0) is 0 Å². The van der Waals surface area contributed by atoms with E-state index < -0.39 is 0 Å². The molecule has 7 heteroatoms. The summed E-state index contributed by atoms with van der Waals surface area (Å²) in [5.74, 6) is 7.20. The quantitative estimate of drug-likeness (QED) is 0.543. The Morgan fingerprint density at radius 3 is 2.94 bits per heavy atom. The second-order valence-corrected chi connectivity index (χ2v) is 4.54. The number of aromatic nitrogens is 4. The van der Waals surface area contributed by atoms with Crippen LogP contribution in [0.3, 0.4) is 0 Å². The Morgan fingerprint density at radius 2 is 2.28 bits per heavy atom. The first-order valence-corrected chi connectivity index (χ1v) is 6.04. The van der Waals surface area contributed by atoms with Crippen LogP contribution in [0.2, 0.25) is 0 Å². The van der Waals surface area contributed by atoms with Crippen LogP contribution in [-0.4, -0.2) is 33.8 Å². The molecule has 0 bridgehead atoms. The van der Waals surface area contributed by atoms with Gasteiger partial charge >= 0.3 is 0 Å². The monoisotopic (exact) mass is 249 g/mol. The summed E-state index contributed by atoms with van der Waals surface area (Å²) < 4.78 is 0. The Kier molecular flexibility index (Phi) is 3.61. The lowest BCUT2D eigenvalue weighted by Crippen LogP contribution is -2.25. The number of nitrogen functional groups attached to an aromatic ring is 1. The van der Waals surface area contributed by atoms with Gasteiger partial charge in [-0.05, 0) is 5.92 Å². The molecule has 0 radical (unpaired) electrons. The molecule has 7 nitrogen and oxygen atoms in total. The predicted octanol–water partition coefficient (Wildman–Crippen LogP) is 1.12. The molecule has 2 rings (SSSR count). The van der Waals surface area contributed by atoms with E-state index in [4.69, 9.17) is 5.84 Å². The minimum Gasteiger partial charge on any atom is -0.359 e.